The first-order valence-corrected chi connectivity index (χ1v) is 44.0. The first-order chi connectivity index (χ1) is 70.0. The third-order valence-corrected chi connectivity index (χ3v) is 20.9. The SMILES string of the molecule is [2H][C@@]1(n2ccc(NO)nc2=O)O[C@H](COC(=O)CC)[C@@H](O)[C@H]1O.[2H][C@@]1(n2ccc(NO)nc2=O)O[C@H](COC(=O)CCC)[C@@H](O)[C@H]1O.[2H][C@@]1(n2ccc(NO)nc2=O)O[C@H](COC(=O)CCCC)[C@@H](O)[C@H]1O.[2H][C@@]1(n2ccc(NO)nc2=O)O[C@H](COC(C)=O)[C@@H](O)[C@H]1O.[2H][C@@]1(n2ccc(NO)nc2=O)O[C@H](COCCSC(=O)C(C)(C)C)[C@@H](O)[C@H]1O.[2H][C@@]1(n2ccc(NO)nc2=O)O[C@H](COCOC(=O)OC(C)C)[C@@H](O)[C@H]1O. The molecule has 798 valence electrons. The molecule has 6 aliphatic rings. The number of ether oxygens (including phenoxy) is 14. The molecule has 0 aliphatic carbocycles. The van der Waals surface area contributed by atoms with Crippen LogP contribution in [0.5, 0.6) is 0 Å². The molecule has 0 saturated carbocycles. The maximum absolute atomic E-state index is 12.0. The lowest BCUT2D eigenvalue weighted by Crippen LogP contribution is -2.36. The summed E-state index contributed by atoms with van der Waals surface area (Å²) in [6, 6.07) is 7.06. The third-order valence-electron chi connectivity index (χ3n) is 19.7. The maximum atomic E-state index is 12.0. The van der Waals surface area contributed by atoms with Crippen LogP contribution < -0.4 is 67.0 Å². The van der Waals surface area contributed by atoms with Gasteiger partial charge in [-0.15, -0.1) is 0 Å². The summed E-state index contributed by atoms with van der Waals surface area (Å²) in [4.78, 5) is 160. The lowest BCUT2D eigenvalue weighted by Gasteiger charge is -2.17. The Hall–Kier alpha value is -11.8. The van der Waals surface area contributed by atoms with Gasteiger partial charge in [-0.3, -0.25) is 115 Å². The van der Waals surface area contributed by atoms with Gasteiger partial charge in [0.05, 0.1) is 34.1 Å². The molecule has 0 unspecified atom stereocenters. The number of nitrogens with one attached hydrogen (secondary N) is 6. The van der Waals surface area contributed by atoms with Gasteiger partial charge < -0.3 is 128 Å². The van der Waals surface area contributed by atoms with Crippen LogP contribution in [-0.2, 0) is 90.3 Å². The van der Waals surface area contributed by atoms with Gasteiger partial charge in [-0.05, 0) is 63.1 Å². The number of aliphatic hydroxyl groups is 12. The number of carbonyl (C=O) groups is 6. The molecule has 0 aromatic carbocycles. The van der Waals surface area contributed by atoms with E-state index in [1.807, 2.05) is 27.7 Å². The van der Waals surface area contributed by atoms with Crippen molar-refractivity contribution in [3.63, 3.8) is 0 Å². The predicted molar refractivity (Wildman–Crippen MR) is 474 cm³/mol. The van der Waals surface area contributed by atoms with Crippen molar-refractivity contribution >= 4 is 81.8 Å². The molecular weight excluding hydrogens is 1950 g/mol. The van der Waals surface area contributed by atoms with Gasteiger partial charge in [0.1, 0.15) is 136 Å². The van der Waals surface area contributed by atoms with Crippen molar-refractivity contribution in [1.29, 1.82) is 0 Å². The van der Waals surface area contributed by atoms with Gasteiger partial charge >= 0.3 is 64.2 Å². The second-order valence-corrected chi connectivity index (χ2v) is 32.7. The summed E-state index contributed by atoms with van der Waals surface area (Å²) in [7, 11) is 0. The summed E-state index contributed by atoms with van der Waals surface area (Å²) in [5, 5.41) is 173. The van der Waals surface area contributed by atoms with Gasteiger partial charge in [-0.2, -0.15) is 29.9 Å². The van der Waals surface area contributed by atoms with E-state index in [1.165, 1.54) is 30.3 Å². The molecule has 24 N–H and O–H groups in total. The van der Waals surface area contributed by atoms with Crippen LogP contribution in [0.15, 0.2) is 102 Å². The van der Waals surface area contributed by atoms with Crippen LogP contribution in [0.25, 0.3) is 0 Å². The molecule has 63 heteroatoms. The summed E-state index contributed by atoms with van der Waals surface area (Å²) in [5.41, 5.74) is 3.69. The molecule has 6 aromatic rings. The molecule has 143 heavy (non-hydrogen) atoms. The van der Waals surface area contributed by atoms with E-state index in [0.29, 0.717) is 46.0 Å². The van der Waals surface area contributed by atoms with Crippen LogP contribution in [0.2, 0.25) is 0 Å². The Morgan fingerprint density at radius 3 is 0.881 bits per heavy atom. The number of aromatic nitrogens is 12. The fourth-order valence-corrected chi connectivity index (χ4v) is 13.1. The predicted octanol–water partition coefficient (Wildman–Crippen LogP) is -5.57. The Morgan fingerprint density at radius 2 is 0.643 bits per heavy atom. The van der Waals surface area contributed by atoms with Crippen LogP contribution in [0.4, 0.5) is 39.7 Å². The smallest absolute Gasteiger partial charge is 0.463 e. The molecule has 6 saturated heterocycles. The van der Waals surface area contributed by atoms with Gasteiger partial charge in [0, 0.05) is 74.5 Å². The summed E-state index contributed by atoms with van der Waals surface area (Å²) in [6.07, 6.45) is -33.1. The van der Waals surface area contributed by atoms with E-state index in [-0.39, 0.29) is 112 Å². The summed E-state index contributed by atoms with van der Waals surface area (Å²) in [5.74, 6) is -2.65. The number of nitrogens with zero attached hydrogens (tertiary/aromatic N) is 12. The van der Waals surface area contributed by atoms with Crippen molar-refractivity contribution in [2.45, 2.75) is 254 Å². The topological polar surface area (TPSA) is 877 Å². The highest BCUT2D eigenvalue weighted by Gasteiger charge is 2.51. The second kappa shape index (κ2) is 57.0. The van der Waals surface area contributed by atoms with Crippen molar-refractivity contribution < 1.29 is 196 Å². The number of esters is 4. The number of thioether (sulfide) groups is 1. The lowest BCUT2D eigenvalue weighted by atomic mass is 10.00. The number of carbonyl (C=O) groups excluding carboxylic acids is 6. The van der Waals surface area contributed by atoms with Gasteiger partial charge in [0.2, 0.25) is 0 Å². The molecule has 6 aromatic heterocycles. The minimum Gasteiger partial charge on any atom is -0.463 e. The highest BCUT2D eigenvalue weighted by molar-refractivity contribution is 8.13. The molecule has 12 rings (SSSR count). The molecule has 0 radical (unpaired) electrons. The molecule has 62 nitrogen and oxygen atoms in total. The summed E-state index contributed by atoms with van der Waals surface area (Å²) < 4.78 is 124. The molecule has 12 heterocycles. The number of aliphatic hydroxyl groups excluding tert-OH is 12. The molecule has 6 aliphatic heterocycles. The van der Waals surface area contributed by atoms with E-state index in [4.69, 9.17) is 96.3 Å². The first-order valence-electron chi connectivity index (χ1n) is 46.0. The standard InChI is InChI=1S/C16H25N3O7S.C14H21N3O9.C14H21N3O7.C13H19N3O7.C12H17N3O7.C11H15N3O7/c1-16(2,3)14(22)27-7-6-25-8-9-11(20)12(21)13(26-9)19-5-4-10(18-24)17-15(19)23;1-7(2)25-14(21)24-6-23-5-8-10(18)11(19)12(26-8)17-4-3-9(16-22)15-13(17)20;1-2-3-4-10(18)23-7-8-11(19)12(20)13(24-8)17-6-5-9(16-22)15-14(17)21;1-2-3-9(17)22-6-7-10(18)11(19)12(23-7)16-5-4-8(15-21)14-13(16)20;1-2-8(16)21-5-6-9(17)10(18)11(22-6)15-4-3-7(14-20)13-12(15)19;1-5(15)20-4-6-8(16)9(17)10(21-6)14-3-2-7(13-19)12-11(14)18/h4-5,9,11-13,20-21,24H,6-8H2,1-3H3,(H,17,18,23);3-4,7-8,10-12,18-19,22H,5-6H2,1-2H3,(H,15,16,20);5-6,8,11-13,19-20,22H,2-4,7H2,1H3,(H,15,16,21);4-5,7,10-12,18-19,21H,2-3,6H2,1H3,(H,14,15,20);3-4,6,9-11,17-18,20H,2,5H2,1H3,(H,13,14,19);2-3,6,8-10,16-17,19H,4H2,1H3,(H,12,13,18)/t9-,11-,12-,13-;8-,10-,11-,12-;8-,11-,12-,13-;7-,10-,11-,12-;6-,9-,10-,11-;6-,8-,9-,10-/m111111/s1/i13D;12D;13D;12D;11D;10D. The molecule has 24 atom stereocenters. The Kier molecular flexibility index (Phi) is 43.3. The fraction of sp³-hybridized carbons (Fsp3) is 0.625. The van der Waals surface area contributed by atoms with Crippen LogP contribution in [0.3, 0.4) is 0 Å². The van der Waals surface area contributed by atoms with Crippen LogP contribution >= 0.6 is 11.8 Å². The zero-order valence-electron chi connectivity index (χ0n) is 83.4. The zero-order valence-corrected chi connectivity index (χ0v) is 78.3. The lowest BCUT2D eigenvalue weighted by molar-refractivity contribution is -0.151. The van der Waals surface area contributed by atoms with E-state index < -0.39 is 223 Å². The van der Waals surface area contributed by atoms with E-state index in [9.17, 15) is 119 Å². The van der Waals surface area contributed by atoms with Crippen LogP contribution in [0, 0.1) is 5.41 Å². The minimum absolute atomic E-state index is 0.0292. The zero-order chi connectivity index (χ0) is 112. The van der Waals surface area contributed by atoms with Gasteiger partial charge in [-0.25, -0.2) is 33.6 Å². The van der Waals surface area contributed by atoms with Crippen molar-refractivity contribution in [2.24, 2.45) is 5.41 Å². The van der Waals surface area contributed by atoms with E-state index in [2.05, 4.69) is 39.4 Å². The quantitative estimate of drug-likeness (QED) is 0.00573. The van der Waals surface area contributed by atoms with Crippen LogP contribution in [0.1, 0.15) is 146 Å². The second-order valence-electron chi connectivity index (χ2n) is 31.6. The van der Waals surface area contributed by atoms with Crippen LogP contribution in [-0.4, -0.2) is 360 Å². The van der Waals surface area contributed by atoms with E-state index in [0.717, 1.165) is 68.4 Å². The van der Waals surface area contributed by atoms with E-state index in [1.54, 1.807) is 60.6 Å². The van der Waals surface area contributed by atoms with Crippen molar-refractivity contribution in [2.75, 3.05) is 91.7 Å². The number of hydrogen-bond donors (Lipinski definition) is 24. The summed E-state index contributed by atoms with van der Waals surface area (Å²) >= 11 is 1.14. The average molecular weight is 2070 g/mol. The monoisotopic (exact) mass is 2070 g/mol. The Labute approximate surface area is 819 Å². The molecule has 0 bridgehead atoms. The number of unbranched alkanes of at least 4 members (excludes halogenated alkanes) is 1. The fourth-order valence-electron chi connectivity index (χ4n) is 12.2. The number of hydrogen-bond acceptors (Lipinski definition) is 57. The average Bonchev–Trinajstić information content (AvgIpc) is 1.64. The van der Waals surface area contributed by atoms with Crippen molar-refractivity contribution in [3.05, 3.63) is 136 Å². The normalized spacial score (nSPS) is 30.3. The first kappa shape index (κ1) is 108. The van der Waals surface area contributed by atoms with E-state index >= 15 is 0 Å². The molecule has 0 amide bonds. The van der Waals surface area contributed by atoms with Crippen molar-refractivity contribution in [1.82, 2.24) is 57.3 Å². The number of anilines is 6. The highest BCUT2D eigenvalue weighted by atomic mass is 32.2. The third kappa shape index (κ3) is 33.6. The highest BCUT2D eigenvalue weighted by Crippen LogP contribution is 2.36. The Morgan fingerprint density at radius 1 is 0.385 bits per heavy atom. The molecule has 0 spiro atoms. The van der Waals surface area contributed by atoms with Crippen molar-refractivity contribution in [3.8, 4) is 0 Å². The maximum Gasteiger partial charge on any atom is 0.510 e. The van der Waals surface area contributed by atoms with Gasteiger partial charge in [-0.1, -0.05) is 59.7 Å². The minimum atomic E-state index is -2.37. The van der Waals surface area contributed by atoms with Gasteiger partial charge in [0.25, 0.3) is 0 Å². The Balaban J connectivity index is 0.000000242. The van der Waals surface area contributed by atoms with Gasteiger partial charge in [0.15, 0.2) is 84.0 Å². The molecule has 6 fully saturated rings. The summed E-state index contributed by atoms with van der Waals surface area (Å²) in [6.45, 7) is 12.9. The Bertz CT molecular complexity index is 5840. The number of rotatable bonds is 36. The molecular formula is C80H118N18O44S. The largest absolute Gasteiger partial charge is 0.510 e.